The van der Waals surface area contributed by atoms with Crippen molar-refractivity contribution in [2.24, 2.45) is 0 Å². The van der Waals surface area contributed by atoms with Crippen molar-refractivity contribution in [3.63, 3.8) is 0 Å². The molecule has 20 heavy (non-hydrogen) atoms. The van der Waals surface area contributed by atoms with E-state index in [0.717, 1.165) is 17.3 Å². The first-order valence-electron chi connectivity index (χ1n) is 5.92. The first kappa shape index (κ1) is 13.8. The number of aryl methyl sites for hydroxylation is 2. The molecule has 0 spiro atoms. The molecule has 2 rings (SSSR count). The molecule has 6 heteroatoms. The molecule has 0 bridgehead atoms. The quantitative estimate of drug-likeness (QED) is 0.889. The lowest BCUT2D eigenvalue weighted by Gasteiger charge is -2.14. The number of aromatic carboxylic acids is 1. The van der Waals surface area contributed by atoms with Gasteiger partial charge in [-0.05, 0) is 31.0 Å². The number of aromatic amines is 1. The third kappa shape index (κ3) is 2.40. The van der Waals surface area contributed by atoms with Gasteiger partial charge in [-0.3, -0.25) is 0 Å². The van der Waals surface area contributed by atoms with Gasteiger partial charge in [0.2, 0.25) is 0 Å². The molecule has 1 aromatic heterocycles. The van der Waals surface area contributed by atoms with Crippen molar-refractivity contribution >= 4 is 5.97 Å². The van der Waals surface area contributed by atoms with E-state index in [4.69, 9.17) is 4.74 Å². The zero-order valence-electron chi connectivity index (χ0n) is 11.4. The molecule has 104 valence electrons. The number of aromatic nitrogens is 2. The summed E-state index contributed by atoms with van der Waals surface area (Å²) in [5, 5.41) is 9.22. The van der Waals surface area contributed by atoms with Gasteiger partial charge in [-0.2, -0.15) is 0 Å². The lowest BCUT2D eigenvalue weighted by Crippen LogP contribution is -2.15. The van der Waals surface area contributed by atoms with Gasteiger partial charge in [0.15, 0.2) is 0 Å². The number of nitrogens with one attached hydrogen (secondary N) is 1. The summed E-state index contributed by atoms with van der Waals surface area (Å²) < 4.78 is 5.32. The van der Waals surface area contributed by atoms with Crippen molar-refractivity contribution in [2.75, 3.05) is 7.11 Å². The second-order valence-corrected chi connectivity index (χ2v) is 4.44. The molecule has 1 heterocycles. The zero-order valence-corrected chi connectivity index (χ0v) is 11.4. The monoisotopic (exact) mass is 274 g/mol. The molecule has 0 aliphatic rings. The van der Waals surface area contributed by atoms with Gasteiger partial charge in [0, 0.05) is 11.8 Å². The number of carboxylic acid groups (broad SMARTS) is 1. The number of nitrogens with zero attached hydrogens (tertiary/aromatic N) is 1. The fourth-order valence-corrected chi connectivity index (χ4v) is 2.18. The summed E-state index contributed by atoms with van der Waals surface area (Å²) in [7, 11) is 1.50. The number of ether oxygens (including phenoxy) is 1. The number of hydrogen-bond donors (Lipinski definition) is 2. The van der Waals surface area contributed by atoms with Gasteiger partial charge >= 0.3 is 11.7 Å². The molecule has 6 nitrogen and oxygen atoms in total. The van der Waals surface area contributed by atoms with E-state index in [1.54, 1.807) is 6.07 Å². The topological polar surface area (TPSA) is 92.3 Å². The van der Waals surface area contributed by atoms with Crippen LogP contribution in [0.1, 0.15) is 21.5 Å². The van der Waals surface area contributed by atoms with Crippen LogP contribution >= 0.6 is 0 Å². The molecular formula is C14H14N2O4. The minimum absolute atomic E-state index is 0.0760. The molecule has 2 aromatic rings. The predicted molar refractivity (Wildman–Crippen MR) is 73.3 cm³/mol. The summed E-state index contributed by atoms with van der Waals surface area (Å²) in [6.07, 6.45) is 1.05. The summed E-state index contributed by atoms with van der Waals surface area (Å²) in [4.78, 5) is 28.6. The number of benzene rings is 1. The normalized spacial score (nSPS) is 10.3. The summed E-state index contributed by atoms with van der Waals surface area (Å²) in [6.45, 7) is 3.74. The van der Waals surface area contributed by atoms with E-state index in [1.165, 1.54) is 7.11 Å². The lowest BCUT2D eigenvalue weighted by molar-refractivity contribution is 0.0697. The molecule has 0 saturated carbocycles. The average molecular weight is 274 g/mol. The molecule has 0 fully saturated rings. The van der Waals surface area contributed by atoms with Crippen LogP contribution in [0, 0.1) is 13.8 Å². The SMILES string of the molecule is COc1c(C)cc(C)cc1-c1[nH]c(=O)ncc1C(=O)O. The highest BCUT2D eigenvalue weighted by molar-refractivity contribution is 5.95. The van der Waals surface area contributed by atoms with Crippen LogP contribution in [0.3, 0.4) is 0 Å². The van der Waals surface area contributed by atoms with Crippen LogP contribution in [0.4, 0.5) is 0 Å². The highest BCUT2D eigenvalue weighted by Crippen LogP contribution is 2.34. The van der Waals surface area contributed by atoms with E-state index in [9.17, 15) is 14.7 Å². The molecule has 0 aliphatic carbocycles. The number of hydrogen-bond acceptors (Lipinski definition) is 4. The van der Waals surface area contributed by atoms with Crippen molar-refractivity contribution in [2.45, 2.75) is 13.8 Å². The highest BCUT2D eigenvalue weighted by Gasteiger charge is 2.18. The highest BCUT2D eigenvalue weighted by atomic mass is 16.5. The minimum Gasteiger partial charge on any atom is -0.496 e. The van der Waals surface area contributed by atoms with Crippen molar-refractivity contribution in [1.82, 2.24) is 9.97 Å². The fraction of sp³-hybridized carbons (Fsp3) is 0.214. The van der Waals surface area contributed by atoms with E-state index in [0.29, 0.717) is 11.3 Å². The van der Waals surface area contributed by atoms with Gasteiger partial charge in [0.25, 0.3) is 0 Å². The Bertz CT molecular complexity index is 734. The minimum atomic E-state index is -1.16. The number of H-pyrrole nitrogens is 1. The first-order valence-corrected chi connectivity index (χ1v) is 5.92. The van der Waals surface area contributed by atoms with Crippen LogP contribution in [0.15, 0.2) is 23.1 Å². The largest absolute Gasteiger partial charge is 0.496 e. The standard InChI is InChI=1S/C14H14N2O4/c1-7-4-8(2)12(20-3)9(5-7)11-10(13(17)18)6-15-14(19)16-11/h4-6H,1-3H3,(H,17,18)(H,15,16,19). The second-order valence-electron chi connectivity index (χ2n) is 4.44. The third-order valence-corrected chi connectivity index (χ3v) is 2.94. The van der Waals surface area contributed by atoms with Crippen LogP contribution in [-0.2, 0) is 0 Å². The second kappa shape index (κ2) is 5.16. The van der Waals surface area contributed by atoms with Gasteiger partial charge in [0.05, 0.1) is 12.8 Å². The third-order valence-electron chi connectivity index (χ3n) is 2.94. The summed E-state index contributed by atoms with van der Waals surface area (Å²) in [6, 6.07) is 3.69. The van der Waals surface area contributed by atoms with Gasteiger partial charge < -0.3 is 14.8 Å². The van der Waals surface area contributed by atoms with E-state index < -0.39 is 11.7 Å². The Morgan fingerprint density at radius 3 is 2.65 bits per heavy atom. The molecule has 1 aromatic carbocycles. The van der Waals surface area contributed by atoms with Gasteiger partial charge in [-0.25, -0.2) is 14.6 Å². The Morgan fingerprint density at radius 2 is 2.05 bits per heavy atom. The van der Waals surface area contributed by atoms with Crippen molar-refractivity contribution in [3.05, 3.63) is 45.5 Å². The molecule has 2 N–H and O–H groups in total. The van der Waals surface area contributed by atoms with E-state index >= 15 is 0 Å². The summed E-state index contributed by atoms with van der Waals surface area (Å²) in [5.41, 5.74) is 1.84. The Balaban J connectivity index is 2.83. The van der Waals surface area contributed by atoms with Crippen molar-refractivity contribution in [1.29, 1.82) is 0 Å². The molecule has 0 saturated heterocycles. The van der Waals surface area contributed by atoms with E-state index in [1.807, 2.05) is 19.9 Å². The number of rotatable bonds is 3. The van der Waals surface area contributed by atoms with E-state index in [2.05, 4.69) is 9.97 Å². The maximum Gasteiger partial charge on any atom is 0.345 e. The Labute approximate surface area is 115 Å². The van der Waals surface area contributed by atoms with Crippen LogP contribution < -0.4 is 10.4 Å². The molecule has 0 unspecified atom stereocenters. The summed E-state index contributed by atoms with van der Waals surface area (Å²) >= 11 is 0. The van der Waals surface area contributed by atoms with Crippen LogP contribution in [-0.4, -0.2) is 28.2 Å². The number of carbonyl (C=O) groups is 1. The zero-order chi connectivity index (χ0) is 14.9. The van der Waals surface area contributed by atoms with Gasteiger partial charge in [0.1, 0.15) is 11.3 Å². The van der Waals surface area contributed by atoms with Gasteiger partial charge in [-0.1, -0.05) is 6.07 Å². The molecular weight excluding hydrogens is 260 g/mol. The molecule has 0 amide bonds. The fourth-order valence-electron chi connectivity index (χ4n) is 2.18. The summed E-state index contributed by atoms with van der Waals surface area (Å²) in [5.74, 6) is -0.634. The number of carboxylic acids is 1. The van der Waals surface area contributed by atoms with Crippen molar-refractivity contribution < 1.29 is 14.6 Å². The lowest BCUT2D eigenvalue weighted by atomic mass is 10.0. The Hall–Kier alpha value is -2.63. The molecule has 0 aliphatic heterocycles. The Morgan fingerprint density at radius 1 is 1.35 bits per heavy atom. The molecule has 0 atom stereocenters. The first-order chi connectivity index (χ1) is 9.43. The van der Waals surface area contributed by atoms with Crippen LogP contribution in [0.25, 0.3) is 11.3 Å². The number of methoxy groups -OCH3 is 1. The predicted octanol–water partition coefficient (Wildman–Crippen LogP) is 1.76. The molecule has 0 radical (unpaired) electrons. The van der Waals surface area contributed by atoms with Crippen molar-refractivity contribution in [3.8, 4) is 17.0 Å². The average Bonchev–Trinajstić information content (AvgIpc) is 2.37. The van der Waals surface area contributed by atoms with Crippen LogP contribution in [0.2, 0.25) is 0 Å². The smallest absolute Gasteiger partial charge is 0.345 e. The Kier molecular flexibility index (Phi) is 3.56. The van der Waals surface area contributed by atoms with E-state index in [-0.39, 0.29) is 11.3 Å². The van der Waals surface area contributed by atoms with Crippen LogP contribution in [0.5, 0.6) is 5.75 Å². The maximum absolute atomic E-state index is 11.4. The maximum atomic E-state index is 11.4. The van der Waals surface area contributed by atoms with Gasteiger partial charge in [-0.15, -0.1) is 0 Å².